The van der Waals surface area contributed by atoms with Gasteiger partial charge in [-0.25, -0.2) is 14.8 Å². The van der Waals surface area contributed by atoms with Gasteiger partial charge in [-0.1, -0.05) is 39.2 Å². The molecule has 5 N–H and O–H groups in total. The number of aryl methyl sites for hydroxylation is 3. The molecule has 5 heterocycles. The second-order valence-electron chi connectivity index (χ2n) is 13.0. The highest BCUT2D eigenvalue weighted by Gasteiger charge is 2.24. The highest BCUT2D eigenvalue weighted by Crippen LogP contribution is 2.36. The van der Waals surface area contributed by atoms with Gasteiger partial charge in [0.2, 0.25) is 5.91 Å². The lowest BCUT2D eigenvalue weighted by Crippen LogP contribution is -2.44. The van der Waals surface area contributed by atoms with E-state index in [0.29, 0.717) is 24.2 Å². The summed E-state index contributed by atoms with van der Waals surface area (Å²) in [7, 11) is 0. The van der Waals surface area contributed by atoms with Crippen LogP contribution < -0.4 is 5.32 Å². The number of nitrogens with one attached hydrogen (secondary N) is 3. The molecule has 2 aliphatic heterocycles. The number of carbonyl (C=O) groups is 3. The third-order valence-electron chi connectivity index (χ3n) is 9.48. The molecule has 10 heteroatoms. The summed E-state index contributed by atoms with van der Waals surface area (Å²) >= 11 is 0. The number of hydrogen-bond donors (Lipinski definition) is 5. The van der Waals surface area contributed by atoms with Gasteiger partial charge in [0, 0.05) is 46.0 Å². The largest absolute Gasteiger partial charge is 0.481 e. The minimum atomic E-state index is -1.08. The molecular weight excluding hydrogens is 618 g/mol. The number of nitrogens with zero attached hydrogens (tertiary/aromatic N) is 2. The molecule has 0 fully saturated rings. The van der Waals surface area contributed by atoms with Gasteiger partial charge in [-0.05, 0) is 104 Å². The zero-order valence-electron chi connectivity index (χ0n) is 28.9. The standard InChI is InChI=1S/C39H43N5O5/c1-9-24-20(5)28-15-29-23(8)27(12-14-37(46)47)35(42-29)18-34-26(11-13-36(45)44-38(19(3)4)39(48)49)22(7)31(43-34)17-33-25(10-2)21(6)30(41-33)16-32(24)40-28/h9-10,15-19,38,40,43H,1-2,11-14H2,3-8H3,(H,44,45)(H,46,47)(H,48,49)/t38-/m0/s1. The summed E-state index contributed by atoms with van der Waals surface area (Å²) in [6.45, 7) is 19.6. The van der Waals surface area contributed by atoms with Crippen molar-refractivity contribution in [1.29, 1.82) is 0 Å². The molecule has 8 bridgehead atoms. The number of carbonyl (C=O) groups excluding carboxylic acids is 1. The minimum absolute atomic E-state index is 0.0566. The number of H-pyrrole nitrogens is 2. The fraction of sp³-hybridized carbons (Fsp3) is 0.308. The molecule has 0 saturated heterocycles. The van der Waals surface area contributed by atoms with E-state index in [1.54, 1.807) is 19.9 Å². The fourth-order valence-corrected chi connectivity index (χ4v) is 6.53. The molecule has 0 saturated carbocycles. The van der Waals surface area contributed by atoms with Gasteiger partial charge in [0.25, 0.3) is 0 Å². The predicted molar refractivity (Wildman–Crippen MR) is 195 cm³/mol. The highest BCUT2D eigenvalue weighted by atomic mass is 16.4. The quantitative estimate of drug-likeness (QED) is 0.141. The molecule has 3 aromatic rings. The molecule has 1 amide bonds. The van der Waals surface area contributed by atoms with Crippen LogP contribution in [0.3, 0.4) is 0 Å². The Bertz CT molecular complexity index is 2140. The van der Waals surface area contributed by atoms with Crippen molar-refractivity contribution in [3.8, 4) is 0 Å². The van der Waals surface area contributed by atoms with Gasteiger partial charge < -0.3 is 25.5 Å². The average molecular weight is 662 g/mol. The molecule has 254 valence electrons. The number of rotatable bonds is 11. The Balaban J connectivity index is 1.80. The number of allylic oxidation sites excluding steroid dienone is 5. The van der Waals surface area contributed by atoms with Crippen LogP contribution in [0.5, 0.6) is 0 Å². The number of carboxylic acids is 2. The number of aromatic amines is 2. The number of fused-ring (bicyclic) bond motifs is 8. The Kier molecular flexibility index (Phi) is 9.89. The molecule has 3 aromatic heterocycles. The summed E-state index contributed by atoms with van der Waals surface area (Å²) < 4.78 is 0. The van der Waals surface area contributed by atoms with E-state index in [-0.39, 0.29) is 24.7 Å². The Morgan fingerprint density at radius 3 is 2.00 bits per heavy atom. The van der Waals surface area contributed by atoms with Gasteiger partial charge >= 0.3 is 11.9 Å². The van der Waals surface area contributed by atoms with Crippen molar-refractivity contribution in [3.05, 3.63) is 88.5 Å². The lowest BCUT2D eigenvalue weighted by molar-refractivity contribution is -0.143. The lowest BCUT2D eigenvalue weighted by Gasteiger charge is -2.17. The van der Waals surface area contributed by atoms with Crippen molar-refractivity contribution in [3.63, 3.8) is 0 Å². The molecule has 49 heavy (non-hydrogen) atoms. The van der Waals surface area contributed by atoms with Crippen LogP contribution in [0.1, 0.15) is 92.0 Å². The predicted octanol–water partition coefficient (Wildman–Crippen LogP) is 7.64. The second kappa shape index (κ2) is 13.9. The maximum absolute atomic E-state index is 13.0. The molecule has 2 aliphatic rings. The van der Waals surface area contributed by atoms with Gasteiger partial charge in [-0.15, -0.1) is 0 Å². The van der Waals surface area contributed by atoms with Crippen LogP contribution >= 0.6 is 0 Å². The van der Waals surface area contributed by atoms with Crippen LogP contribution in [-0.2, 0) is 20.8 Å². The van der Waals surface area contributed by atoms with Crippen LogP contribution in [0, 0.1) is 19.8 Å². The van der Waals surface area contributed by atoms with E-state index < -0.39 is 18.0 Å². The van der Waals surface area contributed by atoms with E-state index in [0.717, 1.165) is 78.0 Å². The van der Waals surface area contributed by atoms with E-state index in [2.05, 4.69) is 28.4 Å². The number of aliphatic carboxylic acids is 2. The zero-order valence-corrected chi connectivity index (χ0v) is 28.9. The first kappa shape index (κ1) is 34.8. The maximum Gasteiger partial charge on any atom is 0.326 e. The number of carboxylic acid groups (broad SMARTS) is 2. The van der Waals surface area contributed by atoms with E-state index in [4.69, 9.17) is 9.97 Å². The highest BCUT2D eigenvalue weighted by molar-refractivity contribution is 5.98. The zero-order chi connectivity index (χ0) is 35.7. The van der Waals surface area contributed by atoms with Crippen LogP contribution in [0.4, 0.5) is 0 Å². The Morgan fingerprint density at radius 1 is 0.776 bits per heavy atom. The molecule has 0 aliphatic carbocycles. The summed E-state index contributed by atoms with van der Waals surface area (Å²) in [4.78, 5) is 53.5. The van der Waals surface area contributed by atoms with Crippen molar-refractivity contribution in [2.45, 2.75) is 73.3 Å². The summed E-state index contributed by atoms with van der Waals surface area (Å²) in [6.07, 6.45) is 4.25. The topological polar surface area (TPSA) is 161 Å². The second-order valence-corrected chi connectivity index (χ2v) is 13.0. The average Bonchev–Trinajstić information content (AvgIpc) is 3.70. The molecule has 1 atom stereocenters. The Hall–Kier alpha value is -5.51. The molecule has 10 nitrogen and oxygen atoms in total. The lowest BCUT2D eigenvalue weighted by atomic mass is 10.00. The summed E-state index contributed by atoms with van der Waals surface area (Å²) in [5, 5.41) is 21.8. The summed E-state index contributed by atoms with van der Waals surface area (Å²) in [6, 6.07) is 6.88. The van der Waals surface area contributed by atoms with Gasteiger partial charge in [-0.3, -0.25) is 9.59 Å². The van der Waals surface area contributed by atoms with E-state index in [9.17, 15) is 24.6 Å². The summed E-state index contributed by atoms with van der Waals surface area (Å²) in [5.41, 5.74) is 13.4. The molecule has 5 rings (SSSR count). The smallest absolute Gasteiger partial charge is 0.326 e. The molecule has 0 aromatic carbocycles. The first-order valence-corrected chi connectivity index (χ1v) is 16.4. The number of hydrogen-bond acceptors (Lipinski definition) is 5. The van der Waals surface area contributed by atoms with Gasteiger partial charge in [-0.2, -0.15) is 0 Å². The van der Waals surface area contributed by atoms with Crippen LogP contribution in [0.25, 0.3) is 50.4 Å². The van der Waals surface area contributed by atoms with Crippen LogP contribution in [0.15, 0.2) is 43.5 Å². The minimum Gasteiger partial charge on any atom is -0.481 e. The molecular formula is C39H43N5O5. The monoisotopic (exact) mass is 661 g/mol. The fourth-order valence-electron chi connectivity index (χ4n) is 6.53. The molecule has 0 radical (unpaired) electrons. The van der Waals surface area contributed by atoms with Crippen molar-refractivity contribution < 1.29 is 24.6 Å². The first-order chi connectivity index (χ1) is 23.2. The number of aromatic nitrogens is 4. The van der Waals surface area contributed by atoms with E-state index >= 15 is 0 Å². The van der Waals surface area contributed by atoms with Crippen molar-refractivity contribution in [2.75, 3.05) is 0 Å². The Labute approximate surface area is 285 Å². The number of amides is 1. The first-order valence-electron chi connectivity index (χ1n) is 16.4. The molecule has 0 spiro atoms. The summed E-state index contributed by atoms with van der Waals surface area (Å²) in [5.74, 6) is -2.61. The van der Waals surface area contributed by atoms with Crippen molar-refractivity contribution in [1.82, 2.24) is 25.3 Å². The van der Waals surface area contributed by atoms with Crippen molar-refractivity contribution >= 4 is 68.3 Å². The van der Waals surface area contributed by atoms with E-state index in [1.165, 1.54) is 0 Å². The normalized spacial score (nSPS) is 13.5. The third-order valence-corrected chi connectivity index (χ3v) is 9.48. The Morgan fingerprint density at radius 2 is 1.37 bits per heavy atom. The van der Waals surface area contributed by atoms with Gasteiger partial charge in [0.15, 0.2) is 0 Å². The SMILES string of the molecule is C=CC1=C(C)c2cc3[nH]c(cc4nc(cc5[nH]c(cc1n2)c(C)c5CCC(=O)N[C@H](C(=O)O)C(C)C)C(CCC(=O)O)=C4C)c(C)c3C=C. The van der Waals surface area contributed by atoms with E-state index in [1.807, 2.05) is 58.0 Å². The van der Waals surface area contributed by atoms with Crippen molar-refractivity contribution in [2.24, 2.45) is 5.92 Å². The van der Waals surface area contributed by atoms with Gasteiger partial charge in [0.05, 0.1) is 22.8 Å². The third kappa shape index (κ3) is 6.90. The van der Waals surface area contributed by atoms with Gasteiger partial charge in [0.1, 0.15) is 6.04 Å². The maximum atomic E-state index is 13.0. The van der Waals surface area contributed by atoms with Crippen LogP contribution in [-0.4, -0.2) is 54.0 Å². The molecule has 0 unspecified atom stereocenters. The van der Waals surface area contributed by atoms with Crippen LogP contribution in [0.2, 0.25) is 0 Å².